The molecule has 90 valence electrons. The standard InChI is InChI=1S/C12H26N2O/c1-4-6-7-8-9-11(3)14-12(15)10-13-5-2/h11,13H,4-10H2,1-3H3,(H,14,15). The first-order chi connectivity index (χ1) is 7.20. The summed E-state index contributed by atoms with van der Waals surface area (Å²) in [7, 11) is 0. The SMILES string of the molecule is CCCCCCC(C)NC(=O)CNCC. The Morgan fingerprint density at radius 2 is 1.93 bits per heavy atom. The van der Waals surface area contributed by atoms with Gasteiger partial charge in [0.25, 0.3) is 0 Å². The second-order valence-corrected chi connectivity index (χ2v) is 4.10. The van der Waals surface area contributed by atoms with Crippen LogP contribution in [0, 0.1) is 0 Å². The molecule has 0 fully saturated rings. The van der Waals surface area contributed by atoms with Gasteiger partial charge in [-0.15, -0.1) is 0 Å². The van der Waals surface area contributed by atoms with Crippen molar-refractivity contribution in [2.75, 3.05) is 13.1 Å². The number of amides is 1. The molecular weight excluding hydrogens is 188 g/mol. The zero-order valence-electron chi connectivity index (χ0n) is 10.4. The van der Waals surface area contributed by atoms with Crippen molar-refractivity contribution >= 4 is 5.91 Å². The molecule has 1 amide bonds. The van der Waals surface area contributed by atoms with Gasteiger partial charge < -0.3 is 10.6 Å². The van der Waals surface area contributed by atoms with Gasteiger partial charge in [0, 0.05) is 6.04 Å². The van der Waals surface area contributed by atoms with Crippen molar-refractivity contribution in [3.63, 3.8) is 0 Å². The number of likely N-dealkylation sites (N-methyl/N-ethyl adjacent to an activating group) is 1. The predicted octanol–water partition coefficient (Wildman–Crippen LogP) is 2.07. The number of carbonyl (C=O) groups excluding carboxylic acids is 1. The molecule has 0 aromatic rings. The number of hydrogen-bond donors (Lipinski definition) is 2. The molecule has 0 aliphatic heterocycles. The van der Waals surface area contributed by atoms with Gasteiger partial charge in [-0.1, -0.05) is 39.5 Å². The van der Waals surface area contributed by atoms with Crippen LogP contribution in [0.2, 0.25) is 0 Å². The van der Waals surface area contributed by atoms with Gasteiger partial charge in [0.1, 0.15) is 0 Å². The van der Waals surface area contributed by atoms with Crippen molar-refractivity contribution < 1.29 is 4.79 Å². The molecule has 2 N–H and O–H groups in total. The molecule has 0 aromatic carbocycles. The number of hydrogen-bond acceptors (Lipinski definition) is 2. The second-order valence-electron chi connectivity index (χ2n) is 4.10. The highest BCUT2D eigenvalue weighted by molar-refractivity contribution is 5.78. The molecular formula is C12H26N2O. The van der Waals surface area contributed by atoms with Crippen molar-refractivity contribution in [1.82, 2.24) is 10.6 Å². The Balaban J connectivity index is 3.38. The van der Waals surface area contributed by atoms with Crippen LogP contribution >= 0.6 is 0 Å². The largest absolute Gasteiger partial charge is 0.353 e. The summed E-state index contributed by atoms with van der Waals surface area (Å²) in [6.07, 6.45) is 6.16. The molecule has 0 heterocycles. The summed E-state index contributed by atoms with van der Waals surface area (Å²) in [6.45, 7) is 7.58. The monoisotopic (exact) mass is 214 g/mol. The summed E-state index contributed by atoms with van der Waals surface area (Å²) in [5.41, 5.74) is 0. The van der Waals surface area contributed by atoms with Gasteiger partial charge in [-0.3, -0.25) is 4.79 Å². The lowest BCUT2D eigenvalue weighted by Gasteiger charge is -2.13. The molecule has 3 heteroatoms. The fraction of sp³-hybridized carbons (Fsp3) is 0.917. The maximum absolute atomic E-state index is 11.3. The first-order valence-corrected chi connectivity index (χ1v) is 6.20. The van der Waals surface area contributed by atoms with E-state index < -0.39 is 0 Å². The highest BCUT2D eigenvalue weighted by Gasteiger charge is 2.05. The molecule has 0 saturated carbocycles. The molecule has 0 bridgehead atoms. The van der Waals surface area contributed by atoms with Crippen LogP contribution in [0.15, 0.2) is 0 Å². The van der Waals surface area contributed by atoms with Crippen LogP contribution in [0.3, 0.4) is 0 Å². The Labute approximate surface area is 94.0 Å². The Hall–Kier alpha value is -0.570. The molecule has 3 nitrogen and oxygen atoms in total. The molecule has 0 spiro atoms. The van der Waals surface area contributed by atoms with Crippen LogP contribution in [-0.4, -0.2) is 25.0 Å². The van der Waals surface area contributed by atoms with Gasteiger partial charge >= 0.3 is 0 Å². The third-order valence-electron chi connectivity index (χ3n) is 2.43. The summed E-state index contributed by atoms with van der Waals surface area (Å²) >= 11 is 0. The van der Waals surface area contributed by atoms with E-state index in [2.05, 4.69) is 24.5 Å². The molecule has 0 radical (unpaired) electrons. The van der Waals surface area contributed by atoms with E-state index >= 15 is 0 Å². The zero-order valence-corrected chi connectivity index (χ0v) is 10.4. The van der Waals surface area contributed by atoms with Gasteiger partial charge in [-0.2, -0.15) is 0 Å². The molecule has 0 aliphatic carbocycles. The molecule has 0 rings (SSSR count). The van der Waals surface area contributed by atoms with Gasteiger partial charge in [0.05, 0.1) is 6.54 Å². The lowest BCUT2D eigenvalue weighted by atomic mass is 10.1. The summed E-state index contributed by atoms with van der Waals surface area (Å²) < 4.78 is 0. The van der Waals surface area contributed by atoms with E-state index in [1.807, 2.05) is 6.92 Å². The quantitative estimate of drug-likeness (QED) is 0.577. The van der Waals surface area contributed by atoms with Crippen LogP contribution in [0.1, 0.15) is 52.9 Å². The first kappa shape index (κ1) is 14.4. The van der Waals surface area contributed by atoms with E-state index in [-0.39, 0.29) is 5.91 Å². The van der Waals surface area contributed by atoms with Crippen LogP contribution in [0.4, 0.5) is 0 Å². The minimum atomic E-state index is 0.111. The van der Waals surface area contributed by atoms with Crippen molar-refractivity contribution in [3.8, 4) is 0 Å². The minimum absolute atomic E-state index is 0.111. The van der Waals surface area contributed by atoms with Gasteiger partial charge in [0.15, 0.2) is 0 Å². The van der Waals surface area contributed by atoms with Crippen LogP contribution in [-0.2, 0) is 4.79 Å². The summed E-state index contributed by atoms with van der Waals surface area (Å²) in [5.74, 6) is 0.111. The lowest BCUT2D eigenvalue weighted by Crippen LogP contribution is -2.38. The second kappa shape index (κ2) is 9.97. The highest BCUT2D eigenvalue weighted by atomic mass is 16.1. The number of unbranched alkanes of at least 4 members (excludes halogenated alkanes) is 3. The third-order valence-corrected chi connectivity index (χ3v) is 2.43. The van der Waals surface area contributed by atoms with Crippen LogP contribution in [0.25, 0.3) is 0 Å². The van der Waals surface area contributed by atoms with E-state index in [9.17, 15) is 4.79 Å². The van der Waals surface area contributed by atoms with E-state index in [4.69, 9.17) is 0 Å². The number of nitrogens with one attached hydrogen (secondary N) is 2. The molecule has 1 atom stereocenters. The Kier molecular flexibility index (Phi) is 9.59. The van der Waals surface area contributed by atoms with Crippen LogP contribution < -0.4 is 10.6 Å². The highest BCUT2D eigenvalue weighted by Crippen LogP contribution is 2.04. The fourth-order valence-corrected chi connectivity index (χ4v) is 1.51. The summed E-state index contributed by atoms with van der Waals surface area (Å²) in [4.78, 5) is 11.3. The fourth-order valence-electron chi connectivity index (χ4n) is 1.51. The molecule has 0 aliphatic rings. The first-order valence-electron chi connectivity index (χ1n) is 6.20. The van der Waals surface area contributed by atoms with Gasteiger partial charge in [0.2, 0.25) is 5.91 Å². The molecule has 15 heavy (non-hydrogen) atoms. The average Bonchev–Trinajstić information content (AvgIpc) is 2.21. The van der Waals surface area contributed by atoms with Gasteiger partial charge in [-0.25, -0.2) is 0 Å². The van der Waals surface area contributed by atoms with E-state index in [0.29, 0.717) is 12.6 Å². The van der Waals surface area contributed by atoms with Crippen LogP contribution in [0.5, 0.6) is 0 Å². The zero-order chi connectivity index (χ0) is 11.5. The smallest absolute Gasteiger partial charge is 0.234 e. The van der Waals surface area contributed by atoms with Crippen molar-refractivity contribution in [1.29, 1.82) is 0 Å². The third kappa shape index (κ3) is 9.73. The van der Waals surface area contributed by atoms with E-state index in [1.165, 1.54) is 25.7 Å². The van der Waals surface area contributed by atoms with E-state index in [1.54, 1.807) is 0 Å². The molecule has 0 aromatic heterocycles. The maximum Gasteiger partial charge on any atom is 0.234 e. The number of carbonyl (C=O) groups is 1. The Morgan fingerprint density at radius 3 is 2.53 bits per heavy atom. The topological polar surface area (TPSA) is 41.1 Å². The number of rotatable bonds is 9. The van der Waals surface area contributed by atoms with Crippen molar-refractivity contribution in [2.45, 2.75) is 58.9 Å². The maximum atomic E-state index is 11.3. The van der Waals surface area contributed by atoms with Crippen molar-refractivity contribution in [2.24, 2.45) is 0 Å². The molecule has 0 saturated heterocycles. The van der Waals surface area contributed by atoms with Gasteiger partial charge in [-0.05, 0) is 19.9 Å². The summed E-state index contributed by atoms with van der Waals surface area (Å²) in [5, 5.41) is 6.01. The minimum Gasteiger partial charge on any atom is -0.353 e. The Morgan fingerprint density at radius 1 is 1.20 bits per heavy atom. The Bertz CT molecular complexity index is 160. The molecule has 1 unspecified atom stereocenters. The predicted molar refractivity (Wildman–Crippen MR) is 64.9 cm³/mol. The average molecular weight is 214 g/mol. The lowest BCUT2D eigenvalue weighted by molar-refractivity contribution is -0.120. The summed E-state index contributed by atoms with van der Waals surface area (Å²) in [6, 6.07) is 0.313. The van der Waals surface area contributed by atoms with E-state index in [0.717, 1.165) is 13.0 Å². The van der Waals surface area contributed by atoms with Crippen molar-refractivity contribution in [3.05, 3.63) is 0 Å². The normalized spacial score (nSPS) is 12.5.